The molecule has 0 aliphatic rings. The number of rotatable bonds is 26. The SMILES string of the molecule is CCCCCCCCCCCCCCCCCCCCCCCP(O)(O)(O)c1cc(C)c(CCCC)cc1C(C)(C)C. The second-order valence-electron chi connectivity index (χ2n) is 14.6. The molecule has 0 radical (unpaired) electrons. The van der Waals surface area contributed by atoms with Crippen molar-refractivity contribution in [1.82, 2.24) is 0 Å². The zero-order valence-corrected chi connectivity index (χ0v) is 30.0. The van der Waals surface area contributed by atoms with Crippen molar-refractivity contribution in [3.63, 3.8) is 0 Å². The molecule has 0 fully saturated rings. The van der Waals surface area contributed by atoms with E-state index in [-0.39, 0.29) is 11.6 Å². The van der Waals surface area contributed by atoms with E-state index in [9.17, 15) is 14.7 Å². The molecule has 0 aliphatic carbocycles. The maximum atomic E-state index is 11.3. The predicted molar refractivity (Wildman–Crippen MR) is 189 cm³/mol. The Bertz CT molecular complexity index is 818. The molecule has 3 nitrogen and oxygen atoms in total. The van der Waals surface area contributed by atoms with Crippen molar-refractivity contribution < 1.29 is 14.7 Å². The van der Waals surface area contributed by atoms with Crippen LogP contribution >= 0.6 is 7.28 Å². The van der Waals surface area contributed by atoms with E-state index in [4.69, 9.17) is 0 Å². The van der Waals surface area contributed by atoms with Crippen molar-refractivity contribution in [3.05, 3.63) is 28.8 Å². The Morgan fingerprint density at radius 2 is 0.881 bits per heavy atom. The van der Waals surface area contributed by atoms with Gasteiger partial charge in [-0.25, -0.2) is 0 Å². The maximum absolute atomic E-state index is 11.3. The molecule has 3 N–H and O–H groups in total. The van der Waals surface area contributed by atoms with Gasteiger partial charge in [0.1, 0.15) is 0 Å². The zero-order chi connectivity index (χ0) is 31.3. The average molecular weight is 609 g/mol. The van der Waals surface area contributed by atoms with Gasteiger partial charge in [-0.1, -0.05) is 71.1 Å². The second kappa shape index (κ2) is 21.3. The molecule has 0 unspecified atom stereocenters. The molecule has 0 atom stereocenters. The first-order chi connectivity index (χ1) is 19.9. The first-order valence-electron chi connectivity index (χ1n) is 18.3. The second-order valence-corrected chi connectivity index (χ2v) is 17.8. The van der Waals surface area contributed by atoms with E-state index < -0.39 is 7.28 Å². The van der Waals surface area contributed by atoms with Crippen LogP contribution in [0.5, 0.6) is 0 Å². The van der Waals surface area contributed by atoms with Gasteiger partial charge in [-0.05, 0) is 0 Å². The number of hydrogen-bond donors (Lipinski definition) is 3. The Morgan fingerprint density at radius 1 is 0.524 bits per heavy atom. The third-order valence-electron chi connectivity index (χ3n) is 9.23. The topological polar surface area (TPSA) is 60.7 Å². The Morgan fingerprint density at radius 3 is 1.24 bits per heavy atom. The molecule has 0 aromatic heterocycles. The van der Waals surface area contributed by atoms with Crippen LogP contribution in [0.3, 0.4) is 0 Å². The van der Waals surface area contributed by atoms with Gasteiger partial charge in [-0.3, -0.25) is 0 Å². The molecular weight excluding hydrogens is 535 g/mol. The summed E-state index contributed by atoms with van der Waals surface area (Å²) < 4.78 is 0. The molecule has 0 aliphatic heterocycles. The standard InChI is InChI=1S/C38H73O3P/c1-7-9-11-12-13-14-15-16-17-18-19-20-21-22-23-24-25-26-27-28-29-31-42(39,40,41)37-32-34(3)35(30-10-8-2)33-36(37)38(4,5)6/h32-33,39-41H,7-31H2,1-6H3. The molecular formula is C38H73O3P. The van der Waals surface area contributed by atoms with Gasteiger partial charge < -0.3 is 0 Å². The summed E-state index contributed by atoms with van der Waals surface area (Å²) in [5.74, 6) is 0. The summed E-state index contributed by atoms with van der Waals surface area (Å²) in [7, 11) is -4.93. The monoisotopic (exact) mass is 609 g/mol. The van der Waals surface area contributed by atoms with Crippen LogP contribution < -0.4 is 5.30 Å². The van der Waals surface area contributed by atoms with Gasteiger partial charge in [0.25, 0.3) is 0 Å². The van der Waals surface area contributed by atoms with Gasteiger partial charge in [0, 0.05) is 0 Å². The predicted octanol–water partition coefficient (Wildman–Crippen LogP) is 11.7. The van der Waals surface area contributed by atoms with Gasteiger partial charge in [-0.15, -0.1) is 0 Å². The number of benzene rings is 1. The fraction of sp³-hybridized carbons (Fsp3) is 0.842. The molecule has 248 valence electrons. The molecule has 0 saturated carbocycles. The summed E-state index contributed by atoms with van der Waals surface area (Å²) in [5, 5.41) is 0.388. The molecule has 4 heteroatoms. The Labute approximate surface area is 262 Å². The molecule has 1 aromatic rings. The fourth-order valence-corrected chi connectivity index (χ4v) is 8.71. The van der Waals surface area contributed by atoms with Crippen molar-refractivity contribution in [2.45, 2.75) is 201 Å². The Hall–Kier alpha value is -0.470. The summed E-state index contributed by atoms with van der Waals surface area (Å²) in [5.41, 5.74) is 2.92. The van der Waals surface area contributed by atoms with E-state index in [0.717, 1.165) is 43.2 Å². The molecule has 0 heterocycles. The van der Waals surface area contributed by atoms with Crippen molar-refractivity contribution in [1.29, 1.82) is 0 Å². The third-order valence-corrected chi connectivity index (χ3v) is 11.7. The minimum absolute atomic E-state index is 0.0709. The summed E-state index contributed by atoms with van der Waals surface area (Å²) in [6, 6.07) is 4.00. The molecule has 0 bridgehead atoms. The van der Waals surface area contributed by atoms with Gasteiger partial charge in [0.05, 0.1) is 0 Å². The number of aryl methyl sites for hydroxylation is 2. The van der Waals surface area contributed by atoms with Crippen LogP contribution in [-0.4, -0.2) is 20.8 Å². The Kier molecular flexibility index (Phi) is 20.1. The van der Waals surface area contributed by atoms with Gasteiger partial charge in [-0.2, -0.15) is 0 Å². The number of hydrogen-bond acceptors (Lipinski definition) is 3. The normalized spacial score (nSPS) is 13.4. The van der Waals surface area contributed by atoms with Crippen LogP contribution in [0.15, 0.2) is 12.1 Å². The van der Waals surface area contributed by atoms with Crippen molar-refractivity contribution in [3.8, 4) is 0 Å². The quantitative estimate of drug-likeness (QED) is 0.0724. The van der Waals surface area contributed by atoms with Crippen molar-refractivity contribution in [2.75, 3.05) is 6.16 Å². The van der Waals surface area contributed by atoms with E-state index in [2.05, 4.69) is 40.7 Å². The molecule has 0 saturated heterocycles. The van der Waals surface area contributed by atoms with Crippen molar-refractivity contribution >= 4 is 12.6 Å². The molecule has 0 spiro atoms. The molecule has 0 amide bonds. The minimum atomic E-state index is -4.93. The van der Waals surface area contributed by atoms with E-state index in [1.165, 1.54) is 121 Å². The first kappa shape index (κ1) is 39.6. The van der Waals surface area contributed by atoms with Gasteiger partial charge >= 0.3 is 192 Å². The summed E-state index contributed by atoms with van der Waals surface area (Å²) in [6.45, 7) is 12.8. The van der Waals surface area contributed by atoms with Crippen LogP contribution in [-0.2, 0) is 11.8 Å². The van der Waals surface area contributed by atoms with Crippen LogP contribution in [0.25, 0.3) is 0 Å². The zero-order valence-electron chi connectivity index (χ0n) is 29.1. The van der Waals surface area contributed by atoms with Gasteiger partial charge in [0.2, 0.25) is 0 Å². The third kappa shape index (κ3) is 17.1. The number of unbranched alkanes of at least 4 members (excludes halogenated alkanes) is 21. The van der Waals surface area contributed by atoms with E-state index in [1.54, 1.807) is 0 Å². The van der Waals surface area contributed by atoms with Crippen LogP contribution in [0.2, 0.25) is 0 Å². The van der Waals surface area contributed by atoms with Crippen LogP contribution in [0.4, 0.5) is 0 Å². The molecule has 1 rings (SSSR count). The molecule has 42 heavy (non-hydrogen) atoms. The van der Waals surface area contributed by atoms with E-state index in [1.807, 2.05) is 13.0 Å². The summed E-state index contributed by atoms with van der Waals surface area (Å²) in [6.07, 6.45) is 31.0. The van der Waals surface area contributed by atoms with Crippen LogP contribution in [0, 0.1) is 6.92 Å². The summed E-state index contributed by atoms with van der Waals surface area (Å²) in [4.78, 5) is 33.9. The van der Waals surface area contributed by atoms with Gasteiger partial charge in [0.15, 0.2) is 0 Å². The van der Waals surface area contributed by atoms with E-state index in [0.29, 0.717) is 11.7 Å². The fourth-order valence-electron chi connectivity index (χ4n) is 6.31. The van der Waals surface area contributed by atoms with Crippen LogP contribution in [0.1, 0.15) is 199 Å². The molecule has 1 aromatic carbocycles. The average Bonchev–Trinajstić information content (AvgIpc) is 2.92. The Balaban J connectivity index is 2.19. The van der Waals surface area contributed by atoms with E-state index >= 15 is 0 Å². The first-order valence-corrected chi connectivity index (χ1v) is 20.6. The summed E-state index contributed by atoms with van der Waals surface area (Å²) >= 11 is 0. The van der Waals surface area contributed by atoms with Crippen molar-refractivity contribution in [2.24, 2.45) is 0 Å².